The molecule has 6 nitrogen and oxygen atoms in total. The molecular formula is C13H17ClN4O2. The molecule has 1 aromatic heterocycles. The van der Waals surface area contributed by atoms with Crippen LogP contribution in [-0.2, 0) is 13.1 Å². The molecule has 2 N–H and O–H groups in total. The van der Waals surface area contributed by atoms with Crippen molar-refractivity contribution in [3.8, 4) is 5.75 Å². The lowest BCUT2D eigenvalue weighted by atomic mass is 10.3. The summed E-state index contributed by atoms with van der Waals surface area (Å²) in [5.74, 6) is 0.646. The number of nitrogens with one attached hydrogen (secondary N) is 1. The van der Waals surface area contributed by atoms with Gasteiger partial charge in [0, 0.05) is 18.8 Å². The predicted molar refractivity (Wildman–Crippen MR) is 77.1 cm³/mol. The van der Waals surface area contributed by atoms with Crippen LogP contribution in [0.3, 0.4) is 0 Å². The highest BCUT2D eigenvalue weighted by atomic mass is 35.5. The second-order valence-electron chi connectivity index (χ2n) is 4.25. The minimum atomic E-state index is 0.151. The summed E-state index contributed by atoms with van der Waals surface area (Å²) in [6.45, 7) is 1.37. The molecule has 2 rings (SSSR count). The molecule has 0 aliphatic rings. The fourth-order valence-electron chi connectivity index (χ4n) is 1.73. The zero-order chi connectivity index (χ0) is 14.4. The minimum absolute atomic E-state index is 0.151. The van der Waals surface area contributed by atoms with Crippen LogP contribution in [0.4, 0.5) is 5.69 Å². The highest BCUT2D eigenvalue weighted by Crippen LogP contribution is 2.27. The third kappa shape index (κ3) is 3.85. The predicted octanol–water partition coefficient (Wildman–Crippen LogP) is 1.93. The van der Waals surface area contributed by atoms with Gasteiger partial charge in [0.1, 0.15) is 11.4 Å². The van der Waals surface area contributed by atoms with Crippen LogP contribution in [-0.4, -0.2) is 33.8 Å². The van der Waals surface area contributed by atoms with Crippen molar-refractivity contribution >= 4 is 17.3 Å². The molecule has 0 radical (unpaired) electrons. The summed E-state index contributed by atoms with van der Waals surface area (Å²) in [5, 5.41) is 20.6. The summed E-state index contributed by atoms with van der Waals surface area (Å²) in [4.78, 5) is 0. The Morgan fingerprint density at radius 2 is 2.30 bits per heavy atom. The molecule has 0 spiro atoms. The van der Waals surface area contributed by atoms with E-state index in [9.17, 15) is 0 Å². The summed E-state index contributed by atoms with van der Waals surface area (Å²) >= 11 is 6.05. The van der Waals surface area contributed by atoms with Crippen molar-refractivity contribution in [3.05, 3.63) is 35.1 Å². The number of aromatic nitrogens is 3. The standard InChI is InChI=1S/C13H17ClN4O2/c1-20-13-4-3-10(7-12(13)14)15-8-11-9-18(17-16-11)5-2-6-19/h3-4,7,9,15,19H,2,5-6,8H2,1H3. The number of ether oxygens (including phenoxy) is 1. The van der Waals surface area contributed by atoms with Gasteiger partial charge in [0.25, 0.3) is 0 Å². The number of benzene rings is 1. The number of nitrogens with zero attached hydrogens (tertiary/aromatic N) is 3. The maximum absolute atomic E-state index is 8.76. The first-order valence-electron chi connectivity index (χ1n) is 6.30. The van der Waals surface area contributed by atoms with Crippen molar-refractivity contribution in [2.75, 3.05) is 19.0 Å². The number of halogens is 1. The number of aryl methyl sites for hydroxylation is 1. The van der Waals surface area contributed by atoms with Crippen LogP contribution in [0.2, 0.25) is 5.02 Å². The third-order valence-corrected chi connectivity index (χ3v) is 3.05. The zero-order valence-electron chi connectivity index (χ0n) is 11.2. The molecule has 2 aromatic rings. The van der Waals surface area contributed by atoms with Gasteiger partial charge in [0.05, 0.1) is 24.9 Å². The molecule has 0 amide bonds. The maximum Gasteiger partial charge on any atom is 0.137 e. The number of hydrogen-bond donors (Lipinski definition) is 2. The Morgan fingerprint density at radius 3 is 3.00 bits per heavy atom. The van der Waals surface area contributed by atoms with E-state index in [-0.39, 0.29) is 6.61 Å². The Balaban J connectivity index is 1.91. The lowest BCUT2D eigenvalue weighted by Gasteiger charge is -2.07. The van der Waals surface area contributed by atoms with Gasteiger partial charge in [0.2, 0.25) is 0 Å². The molecular weight excluding hydrogens is 280 g/mol. The smallest absolute Gasteiger partial charge is 0.137 e. The van der Waals surface area contributed by atoms with Crippen LogP contribution >= 0.6 is 11.6 Å². The van der Waals surface area contributed by atoms with E-state index >= 15 is 0 Å². The Morgan fingerprint density at radius 1 is 1.45 bits per heavy atom. The summed E-state index contributed by atoms with van der Waals surface area (Å²) in [6.07, 6.45) is 2.53. The van der Waals surface area contributed by atoms with Gasteiger partial charge >= 0.3 is 0 Å². The number of anilines is 1. The monoisotopic (exact) mass is 296 g/mol. The van der Waals surface area contributed by atoms with E-state index in [2.05, 4.69) is 15.6 Å². The minimum Gasteiger partial charge on any atom is -0.495 e. The van der Waals surface area contributed by atoms with Crippen molar-refractivity contribution in [1.82, 2.24) is 15.0 Å². The molecule has 1 aromatic carbocycles. The van der Waals surface area contributed by atoms with Crippen LogP contribution in [0, 0.1) is 0 Å². The van der Waals surface area contributed by atoms with Crippen molar-refractivity contribution in [3.63, 3.8) is 0 Å². The first-order valence-corrected chi connectivity index (χ1v) is 6.68. The second-order valence-corrected chi connectivity index (χ2v) is 4.66. The van der Waals surface area contributed by atoms with Gasteiger partial charge in [-0.2, -0.15) is 0 Å². The number of aliphatic hydroxyl groups is 1. The van der Waals surface area contributed by atoms with Gasteiger partial charge in [0.15, 0.2) is 0 Å². The maximum atomic E-state index is 8.76. The van der Waals surface area contributed by atoms with Crippen molar-refractivity contribution < 1.29 is 9.84 Å². The summed E-state index contributed by atoms with van der Waals surface area (Å²) in [5.41, 5.74) is 1.72. The molecule has 0 saturated heterocycles. The zero-order valence-corrected chi connectivity index (χ0v) is 12.0. The summed E-state index contributed by atoms with van der Waals surface area (Å²) in [6, 6.07) is 5.50. The highest BCUT2D eigenvalue weighted by molar-refractivity contribution is 6.32. The molecule has 0 unspecified atom stereocenters. The average molecular weight is 297 g/mol. The topological polar surface area (TPSA) is 72.2 Å². The van der Waals surface area contributed by atoms with Crippen LogP contribution in [0.25, 0.3) is 0 Å². The Hall–Kier alpha value is -1.79. The van der Waals surface area contributed by atoms with Gasteiger partial charge < -0.3 is 15.2 Å². The fourth-order valence-corrected chi connectivity index (χ4v) is 1.99. The second kappa shape index (κ2) is 7.12. The van der Waals surface area contributed by atoms with Crippen molar-refractivity contribution in [2.45, 2.75) is 19.5 Å². The molecule has 0 saturated carbocycles. The largest absolute Gasteiger partial charge is 0.495 e. The molecule has 108 valence electrons. The van der Waals surface area contributed by atoms with Crippen LogP contribution in [0.1, 0.15) is 12.1 Å². The van der Waals surface area contributed by atoms with Crippen LogP contribution < -0.4 is 10.1 Å². The number of hydrogen-bond acceptors (Lipinski definition) is 5. The first kappa shape index (κ1) is 14.6. The summed E-state index contributed by atoms with van der Waals surface area (Å²) in [7, 11) is 1.58. The number of methoxy groups -OCH3 is 1. The quantitative estimate of drug-likeness (QED) is 0.817. The molecule has 7 heteroatoms. The van der Waals surface area contributed by atoms with Gasteiger partial charge in [-0.3, -0.25) is 4.68 Å². The van der Waals surface area contributed by atoms with Gasteiger partial charge in [-0.25, -0.2) is 0 Å². The first-order chi connectivity index (χ1) is 9.72. The van der Waals surface area contributed by atoms with Gasteiger partial charge in [-0.05, 0) is 24.6 Å². The third-order valence-electron chi connectivity index (χ3n) is 2.76. The summed E-state index contributed by atoms with van der Waals surface area (Å²) < 4.78 is 6.81. The number of aliphatic hydroxyl groups excluding tert-OH is 1. The normalized spacial score (nSPS) is 10.6. The van der Waals surface area contributed by atoms with Crippen molar-refractivity contribution in [2.24, 2.45) is 0 Å². The Bertz CT molecular complexity index is 559. The van der Waals surface area contributed by atoms with E-state index in [1.54, 1.807) is 17.9 Å². The Labute approximate surface area is 122 Å². The van der Waals surface area contributed by atoms with E-state index in [0.29, 0.717) is 30.3 Å². The average Bonchev–Trinajstić information content (AvgIpc) is 2.91. The lowest BCUT2D eigenvalue weighted by Crippen LogP contribution is -2.01. The molecule has 0 aliphatic carbocycles. The number of rotatable bonds is 7. The Kier molecular flexibility index (Phi) is 5.20. The van der Waals surface area contributed by atoms with E-state index < -0.39 is 0 Å². The fraction of sp³-hybridized carbons (Fsp3) is 0.385. The molecule has 1 heterocycles. The molecule has 0 fully saturated rings. The van der Waals surface area contributed by atoms with Crippen LogP contribution in [0.5, 0.6) is 5.75 Å². The van der Waals surface area contributed by atoms with E-state index in [1.165, 1.54) is 0 Å². The molecule has 0 bridgehead atoms. The molecule has 20 heavy (non-hydrogen) atoms. The highest BCUT2D eigenvalue weighted by Gasteiger charge is 2.03. The van der Waals surface area contributed by atoms with Gasteiger partial charge in [-0.15, -0.1) is 5.10 Å². The SMILES string of the molecule is COc1ccc(NCc2cn(CCCO)nn2)cc1Cl. The van der Waals surface area contributed by atoms with Crippen molar-refractivity contribution in [1.29, 1.82) is 0 Å². The lowest BCUT2D eigenvalue weighted by molar-refractivity contribution is 0.276. The molecule has 0 atom stereocenters. The van der Waals surface area contributed by atoms with Crippen LogP contribution in [0.15, 0.2) is 24.4 Å². The van der Waals surface area contributed by atoms with E-state index in [0.717, 1.165) is 11.4 Å². The van der Waals surface area contributed by atoms with Gasteiger partial charge in [-0.1, -0.05) is 16.8 Å². The van der Waals surface area contributed by atoms with E-state index in [4.69, 9.17) is 21.4 Å². The van der Waals surface area contributed by atoms with E-state index in [1.807, 2.05) is 18.3 Å². The molecule has 0 aliphatic heterocycles.